The quantitative estimate of drug-likeness (QED) is 0.603. The highest BCUT2D eigenvalue weighted by atomic mass is 16.5. The van der Waals surface area contributed by atoms with Gasteiger partial charge >= 0.3 is 12.0 Å². The van der Waals surface area contributed by atoms with E-state index in [1.165, 1.54) is 7.11 Å². The molecule has 0 spiro atoms. The maximum Gasteiger partial charge on any atom is 0.344 e. The molecule has 0 aliphatic carbocycles. The second kappa shape index (κ2) is 6.14. The molecule has 1 aromatic rings. The van der Waals surface area contributed by atoms with Gasteiger partial charge in [0.1, 0.15) is 17.9 Å². The summed E-state index contributed by atoms with van der Waals surface area (Å²) in [6.45, 7) is 1.70. The van der Waals surface area contributed by atoms with Gasteiger partial charge in [-0.2, -0.15) is 0 Å². The van der Waals surface area contributed by atoms with Gasteiger partial charge in [-0.1, -0.05) is 6.07 Å². The second-order valence-corrected chi connectivity index (χ2v) is 4.28. The Morgan fingerprint density at radius 1 is 1.50 bits per heavy atom. The molecule has 7 nitrogen and oxygen atoms in total. The summed E-state index contributed by atoms with van der Waals surface area (Å²) < 4.78 is 10.2. The number of nitrogens with zero attached hydrogens (tertiary/aromatic N) is 1. The molecule has 3 N–H and O–H groups in total. The SMILES string of the molecule is COc1cccc(N)c1C(=O)OCCN1CCNC1=O. The lowest BCUT2D eigenvalue weighted by Gasteiger charge is -2.15. The summed E-state index contributed by atoms with van der Waals surface area (Å²) in [5.74, 6) is -0.187. The molecule has 1 saturated heterocycles. The third kappa shape index (κ3) is 2.93. The number of nitrogen functional groups attached to an aromatic ring is 1. The summed E-state index contributed by atoms with van der Waals surface area (Å²) in [6.07, 6.45) is 0. The average molecular weight is 279 g/mol. The van der Waals surface area contributed by atoms with Crippen molar-refractivity contribution < 1.29 is 19.1 Å². The van der Waals surface area contributed by atoms with Crippen molar-refractivity contribution in [2.24, 2.45) is 0 Å². The number of methoxy groups -OCH3 is 1. The zero-order valence-corrected chi connectivity index (χ0v) is 11.2. The van der Waals surface area contributed by atoms with Crippen LogP contribution in [0.2, 0.25) is 0 Å². The molecule has 0 atom stereocenters. The molecule has 2 amide bonds. The third-order valence-corrected chi connectivity index (χ3v) is 3.02. The average Bonchev–Trinajstić information content (AvgIpc) is 2.84. The summed E-state index contributed by atoms with van der Waals surface area (Å²) in [4.78, 5) is 24.9. The number of nitrogens with one attached hydrogen (secondary N) is 1. The highest BCUT2D eigenvalue weighted by molar-refractivity contribution is 5.98. The number of benzene rings is 1. The van der Waals surface area contributed by atoms with Gasteiger partial charge in [-0.25, -0.2) is 9.59 Å². The molecular formula is C13H17N3O4. The number of anilines is 1. The highest BCUT2D eigenvalue weighted by Crippen LogP contribution is 2.24. The molecule has 1 aliphatic rings. The van der Waals surface area contributed by atoms with Gasteiger partial charge in [0.15, 0.2) is 0 Å². The molecular weight excluding hydrogens is 262 g/mol. The van der Waals surface area contributed by atoms with Crippen LogP contribution in [0.4, 0.5) is 10.5 Å². The van der Waals surface area contributed by atoms with Gasteiger partial charge in [0, 0.05) is 18.8 Å². The first-order chi connectivity index (χ1) is 9.63. The number of carbonyl (C=O) groups is 2. The molecule has 0 bridgehead atoms. The minimum atomic E-state index is -0.556. The van der Waals surface area contributed by atoms with Crippen LogP contribution < -0.4 is 15.8 Å². The van der Waals surface area contributed by atoms with Gasteiger partial charge in [0.2, 0.25) is 0 Å². The molecule has 1 aromatic carbocycles. The lowest BCUT2D eigenvalue weighted by molar-refractivity contribution is 0.0479. The monoisotopic (exact) mass is 279 g/mol. The van der Waals surface area contributed by atoms with Crippen LogP contribution >= 0.6 is 0 Å². The fourth-order valence-corrected chi connectivity index (χ4v) is 1.98. The zero-order valence-electron chi connectivity index (χ0n) is 11.2. The van der Waals surface area contributed by atoms with E-state index in [1.54, 1.807) is 23.1 Å². The molecule has 1 heterocycles. The molecule has 108 valence electrons. The van der Waals surface area contributed by atoms with E-state index in [0.29, 0.717) is 31.1 Å². The molecule has 7 heteroatoms. The zero-order chi connectivity index (χ0) is 14.5. The Morgan fingerprint density at radius 3 is 2.95 bits per heavy atom. The number of ether oxygens (including phenoxy) is 2. The lowest BCUT2D eigenvalue weighted by atomic mass is 10.1. The molecule has 20 heavy (non-hydrogen) atoms. The largest absolute Gasteiger partial charge is 0.496 e. The van der Waals surface area contributed by atoms with Gasteiger partial charge in [0.05, 0.1) is 13.7 Å². The van der Waals surface area contributed by atoms with E-state index in [-0.39, 0.29) is 18.2 Å². The van der Waals surface area contributed by atoms with Crippen molar-refractivity contribution in [2.45, 2.75) is 0 Å². The standard InChI is InChI=1S/C13H17N3O4/c1-19-10-4-2-3-9(14)11(10)12(17)20-8-7-16-6-5-15-13(16)18/h2-4H,5-8,14H2,1H3,(H,15,18). The maximum atomic E-state index is 12.0. The van der Waals surface area contributed by atoms with Gasteiger partial charge in [-0.15, -0.1) is 0 Å². The number of nitrogens with two attached hydrogens (primary N) is 1. The topological polar surface area (TPSA) is 93.9 Å². The van der Waals surface area contributed by atoms with Crippen molar-refractivity contribution >= 4 is 17.7 Å². The van der Waals surface area contributed by atoms with Crippen LogP contribution in [0, 0.1) is 0 Å². The summed E-state index contributed by atoms with van der Waals surface area (Å²) in [5.41, 5.74) is 6.27. The van der Waals surface area contributed by atoms with Crippen LogP contribution in [0.15, 0.2) is 18.2 Å². The lowest BCUT2D eigenvalue weighted by Crippen LogP contribution is -2.31. The Labute approximate surface area is 116 Å². The van der Waals surface area contributed by atoms with Crippen molar-refractivity contribution in [2.75, 3.05) is 39.1 Å². The second-order valence-electron chi connectivity index (χ2n) is 4.28. The number of hydrogen-bond donors (Lipinski definition) is 2. The minimum Gasteiger partial charge on any atom is -0.496 e. The Morgan fingerprint density at radius 2 is 2.30 bits per heavy atom. The summed E-state index contributed by atoms with van der Waals surface area (Å²) in [5, 5.41) is 2.67. The van der Waals surface area contributed by atoms with Crippen LogP contribution in [-0.2, 0) is 4.74 Å². The number of amides is 2. The van der Waals surface area contributed by atoms with Gasteiger partial charge in [-0.05, 0) is 12.1 Å². The highest BCUT2D eigenvalue weighted by Gasteiger charge is 2.21. The van der Waals surface area contributed by atoms with E-state index in [4.69, 9.17) is 15.2 Å². The van der Waals surface area contributed by atoms with Crippen molar-refractivity contribution in [3.8, 4) is 5.75 Å². The third-order valence-electron chi connectivity index (χ3n) is 3.02. The van der Waals surface area contributed by atoms with Gasteiger partial charge in [-0.3, -0.25) is 0 Å². The number of esters is 1. The van der Waals surface area contributed by atoms with E-state index < -0.39 is 5.97 Å². The Kier molecular flexibility index (Phi) is 4.29. The van der Waals surface area contributed by atoms with Crippen LogP contribution in [-0.4, -0.2) is 50.3 Å². The first-order valence-corrected chi connectivity index (χ1v) is 6.26. The predicted octanol–water partition coefficient (Wildman–Crippen LogP) is 0.459. The smallest absolute Gasteiger partial charge is 0.344 e. The predicted molar refractivity (Wildman–Crippen MR) is 72.7 cm³/mol. The van der Waals surface area contributed by atoms with Gasteiger partial charge in [0.25, 0.3) is 0 Å². The van der Waals surface area contributed by atoms with Crippen molar-refractivity contribution in [3.63, 3.8) is 0 Å². The fourth-order valence-electron chi connectivity index (χ4n) is 1.98. The number of rotatable bonds is 5. The van der Waals surface area contributed by atoms with E-state index in [0.717, 1.165) is 0 Å². The normalized spacial score (nSPS) is 14.1. The summed E-state index contributed by atoms with van der Waals surface area (Å²) >= 11 is 0. The summed E-state index contributed by atoms with van der Waals surface area (Å²) in [6, 6.07) is 4.80. The van der Waals surface area contributed by atoms with E-state index in [9.17, 15) is 9.59 Å². The molecule has 2 rings (SSSR count). The van der Waals surface area contributed by atoms with Crippen LogP contribution in [0.25, 0.3) is 0 Å². The number of urea groups is 1. The fraction of sp³-hybridized carbons (Fsp3) is 0.385. The van der Waals surface area contributed by atoms with Crippen molar-refractivity contribution in [1.29, 1.82) is 0 Å². The van der Waals surface area contributed by atoms with Crippen molar-refractivity contribution in [1.82, 2.24) is 10.2 Å². The minimum absolute atomic E-state index is 0.115. The van der Waals surface area contributed by atoms with Crippen molar-refractivity contribution in [3.05, 3.63) is 23.8 Å². The molecule has 0 unspecified atom stereocenters. The number of carbonyl (C=O) groups excluding carboxylic acids is 2. The van der Waals surface area contributed by atoms with E-state index >= 15 is 0 Å². The number of hydrogen-bond acceptors (Lipinski definition) is 5. The first-order valence-electron chi connectivity index (χ1n) is 6.26. The Balaban J connectivity index is 1.93. The Bertz CT molecular complexity index is 518. The van der Waals surface area contributed by atoms with Gasteiger partial charge < -0.3 is 25.4 Å². The Hall–Kier alpha value is -2.44. The van der Waals surface area contributed by atoms with Crippen LogP contribution in [0.1, 0.15) is 10.4 Å². The molecule has 0 saturated carbocycles. The molecule has 0 aromatic heterocycles. The molecule has 1 fully saturated rings. The van der Waals surface area contributed by atoms with E-state index in [2.05, 4.69) is 5.32 Å². The first kappa shape index (κ1) is 14.0. The summed E-state index contributed by atoms with van der Waals surface area (Å²) in [7, 11) is 1.46. The maximum absolute atomic E-state index is 12.0. The molecule has 0 radical (unpaired) electrons. The van der Waals surface area contributed by atoms with Crippen LogP contribution in [0.5, 0.6) is 5.75 Å². The van der Waals surface area contributed by atoms with E-state index in [1.807, 2.05) is 0 Å². The van der Waals surface area contributed by atoms with Crippen LogP contribution in [0.3, 0.4) is 0 Å². The molecule has 1 aliphatic heterocycles.